The number of fused-ring (bicyclic) bond motifs is 1. The van der Waals surface area contributed by atoms with E-state index in [0.717, 1.165) is 85.9 Å². The molecule has 0 aliphatic carbocycles. The van der Waals surface area contributed by atoms with Gasteiger partial charge in [0.05, 0.1) is 22.9 Å². The van der Waals surface area contributed by atoms with Crippen molar-refractivity contribution in [1.82, 2.24) is 30.1 Å². The summed E-state index contributed by atoms with van der Waals surface area (Å²) in [7, 11) is 0. The molecule has 0 unspecified atom stereocenters. The Morgan fingerprint density at radius 3 is 2.74 bits per heavy atom. The minimum atomic E-state index is 0.763. The minimum absolute atomic E-state index is 0.763. The van der Waals surface area contributed by atoms with Crippen molar-refractivity contribution in [2.24, 2.45) is 0 Å². The molecule has 38 heavy (non-hydrogen) atoms. The fourth-order valence-electron chi connectivity index (χ4n) is 4.36. The zero-order chi connectivity index (χ0) is 26.5. The molecule has 0 saturated heterocycles. The number of hydrogen-bond donors (Lipinski definition) is 3. The number of pyridine rings is 3. The van der Waals surface area contributed by atoms with Crippen LogP contribution in [0.5, 0.6) is 0 Å². The molecular formula is C31H31N7. The van der Waals surface area contributed by atoms with Crippen LogP contribution in [0.25, 0.3) is 51.8 Å². The van der Waals surface area contributed by atoms with Crippen LogP contribution < -0.4 is 15.9 Å². The molecule has 0 aromatic carbocycles. The van der Waals surface area contributed by atoms with Crippen molar-refractivity contribution >= 4 is 34.9 Å². The van der Waals surface area contributed by atoms with Crippen molar-refractivity contribution in [2.75, 3.05) is 5.32 Å². The van der Waals surface area contributed by atoms with E-state index in [1.54, 1.807) is 18.6 Å². The van der Waals surface area contributed by atoms with Gasteiger partial charge in [0.25, 0.3) is 0 Å². The van der Waals surface area contributed by atoms with Gasteiger partial charge in [-0.25, -0.2) is 4.98 Å². The quantitative estimate of drug-likeness (QED) is 0.237. The second-order valence-electron chi connectivity index (χ2n) is 9.31. The first-order valence-corrected chi connectivity index (χ1v) is 12.7. The Bertz CT molecular complexity index is 1730. The molecule has 190 valence electrons. The van der Waals surface area contributed by atoms with Gasteiger partial charge in [-0.15, -0.1) is 0 Å². The van der Waals surface area contributed by atoms with Crippen LogP contribution in [0.3, 0.4) is 0 Å². The molecule has 0 spiro atoms. The predicted octanol–water partition coefficient (Wildman–Crippen LogP) is 5.82. The molecular weight excluding hydrogens is 470 g/mol. The molecule has 0 bridgehead atoms. The topological polar surface area (TPSA) is 95.2 Å². The van der Waals surface area contributed by atoms with Gasteiger partial charge in [-0.2, -0.15) is 5.10 Å². The minimum Gasteiger partial charge on any atom is -0.358 e. The van der Waals surface area contributed by atoms with Gasteiger partial charge in [-0.05, 0) is 78.4 Å². The number of hydrogen-bond acceptors (Lipinski definition) is 5. The number of unbranched alkanes of at least 4 members (excludes halogenated alkanes) is 1. The third kappa shape index (κ3) is 5.32. The van der Waals surface area contributed by atoms with Crippen LogP contribution in [-0.4, -0.2) is 30.1 Å². The monoisotopic (exact) mass is 501 g/mol. The van der Waals surface area contributed by atoms with Crippen LogP contribution >= 0.6 is 0 Å². The van der Waals surface area contributed by atoms with E-state index in [1.165, 1.54) is 0 Å². The van der Waals surface area contributed by atoms with Crippen LogP contribution in [0.4, 0.5) is 5.69 Å². The Hall–Kier alpha value is -4.78. The van der Waals surface area contributed by atoms with Crippen molar-refractivity contribution < 1.29 is 0 Å². The normalized spacial score (nSPS) is 12.3. The van der Waals surface area contributed by atoms with Gasteiger partial charge in [0.1, 0.15) is 11.3 Å². The number of nitrogens with zero attached hydrogens (tertiary/aromatic N) is 4. The Labute approximate surface area is 221 Å². The lowest BCUT2D eigenvalue weighted by atomic mass is 10.1. The fourth-order valence-corrected chi connectivity index (χ4v) is 4.36. The van der Waals surface area contributed by atoms with Crippen molar-refractivity contribution in [1.29, 1.82) is 0 Å². The Morgan fingerprint density at radius 1 is 1.08 bits per heavy atom. The molecule has 0 aliphatic heterocycles. The Kier molecular flexibility index (Phi) is 7.26. The average molecular weight is 502 g/mol. The van der Waals surface area contributed by atoms with E-state index < -0.39 is 0 Å². The molecule has 0 saturated carbocycles. The molecule has 5 rings (SSSR count). The van der Waals surface area contributed by atoms with Gasteiger partial charge in [0, 0.05) is 41.1 Å². The third-order valence-electron chi connectivity index (χ3n) is 6.52. The number of allylic oxidation sites excluding steroid dienone is 3. The summed E-state index contributed by atoms with van der Waals surface area (Å²) in [5, 5.41) is 13.7. The SMILES string of the molecule is C=C(CCCC)Nc1cncc(/C(C)=C/C=c2/[nH]nc(-c3cc4c(-c5ccncc5)ccnc4[nH]3)c2=C)c1. The standard InChI is InChI=1S/C31H31N7/c1-5-6-7-21(3)35-25-16-24(18-33-19-25)20(2)8-9-28-22(4)30(38-37-28)29-17-27-26(12-15-34-31(27)36-29)23-10-13-32-14-11-23/h8-19,35,37H,3-7H2,1-2H3,(H,34,36)/b20-8+,28-9+. The summed E-state index contributed by atoms with van der Waals surface area (Å²) >= 11 is 0. The predicted molar refractivity (Wildman–Crippen MR) is 156 cm³/mol. The lowest BCUT2D eigenvalue weighted by Crippen LogP contribution is -2.21. The van der Waals surface area contributed by atoms with Crippen molar-refractivity contribution in [3.8, 4) is 22.5 Å². The summed E-state index contributed by atoms with van der Waals surface area (Å²) in [6.07, 6.45) is 16.3. The van der Waals surface area contributed by atoms with E-state index >= 15 is 0 Å². The van der Waals surface area contributed by atoms with Crippen LogP contribution in [0.15, 0.2) is 79.7 Å². The maximum absolute atomic E-state index is 4.56. The highest BCUT2D eigenvalue weighted by atomic mass is 15.1. The maximum atomic E-state index is 4.56. The number of rotatable bonds is 9. The smallest absolute Gasteiger partial charge is 0.138 e. The molecule has 0 amide bonds. The van der Waals surface area contributed by atoms with Crippen LogP contribution in [0.1, 0.15) is 38.7 Å². The molecule has 7 nitrogen and oxygen atoms in total. The molecule has 5 aromatic rings. The highest BCUT2D eigenvalue weighted by Gasteiger charge is 2.12. The summed E-state index contributed by atoms with van der Waals surface area (Å²) in [6.45, 7) is 12.7. The lowest BCUT2D eigenvalue weighted by molar-refractivity contribution is 0.791. The van der Waals surface area contributed by atoms with E-state index in [1.807, 2.05) is 42.7 Å². The molecule has 5 aromatic heterocycles. The summed E-state index contributed by atoms with van der Waals surface area (Å²) in [5.41, 5.74) is 8.66. The fraction of sp³-hybridized carbons (Fsp3) is 0.161. The van der Waals surface area contributed by atoms with E-state index in [-0.39, 0.29) is 0 Å². The molecule has 0 aliphatic rings. The van der Waals surface area contributed by atoms with Gasteiger partial charge in [-0.1, -0.05) is 32.6 Å². The third-order valence-corrected chi connectivity index (χ3v) is 6.52. The molecule has 5 heterocycles. The largest absolute Gasteiger partial charge is 0.358 e. The number of H-pyrrole nitrogens is 2. The van der Waals surface area contributed by atoms with Gasteiger partial charge in [-0.3, -0.25) is 15.1 Å². The highest BCUT2D eigenvalue weighted by molar-refractivity contribution is 5.95. The number of anilines is 1. The molecule has 3 N–H and O–H groups in total. The van der Waals surface area contributed by atoms with Gasteiger partial charge in [0.2, 0.25) is 0 Å². The zero-order valence-electron chi connectivity index (χ0n) is 21.8. The highest BCUT2D eigenvalue weighted by Crippen LogP contribution is 2.29. The second-order valence-corrected chi connectivity index (χ2v) is 9.31. The van der Waals surface area contributed by atoms with Crippen LogP contribution in [0.2, 0.25) is 0 Å². The summed E-state index contributed by atoms with van der Waals surface area (Å²) in [5.74, 6) is 0. The van der Waals surface area contributed by atoms with Crippen molar-refractivity contribution in [2.45, 2.75) is 33.1 Å². The van der Waals surface area contributed by atoms with Gasteiger partial charge < -0.3 is 10.3 Å². The number of nitrogens with one attached hydrogen (secondary N) is 3. The molecule has 0 fully saturated rings. The number of aromatic nitrogens is 6. The van der Waals surface area contributed by atoms with Crippen molar-refractivity contribution in [3.05, 3.63) is 95.8 Å². The first-order valence-electron chi connectivity index (χ1n) is 12.7. The van der Waals surface area contributed by atoms with E-state index in [9.17, 15) is 0 Å². The number of aromatic amines is 2. The van der Waals surface area contributed by atoms with Crippen molar-refractivity contribution in [3.63, 3.8) is 0 Å². The van der Waals surface area contributed by atoms with Gasteiger partial charge in [0.15, 0.2) is 0 Å². The zero-order valence-corrected chi connectivity index (χ0v) is 21.8. The maximum Gasteiger partial charge on any atom is 0.138 e. The lowest BCUT2D eigenvalue weighted by Gasteiger charge is -2.10. The first-order chi connectivity index (χ1) is 18.5. The van der Waals surface area contributed by atoms with Gasteiger partial charge >= 0.3 is 0 Å². The first kappa shape index (κ1) is 24.9. The summed E-state index contributed by atoms with van der Waals surface area (Å²) < 4.78 is 0. The summed E-state index contributed by atoms with van der Waals surface area (Å²) in [4.78, 5) is 16.4. The Morgan fingerprint density at radius 2 is 1.92 bits per heavy atom. The molecule has 0 atom stereocenters. The van der Waals surface area contributed by atoms with E-state index in [0.29, 0.717) is 0 Å². The Balaban J connectivity index is 1.41. The average Bonchev–Trinajstić information content (AvgIpc) is 3.54. The van der Waals surface area contributed by atoms with E-state index in [4.69, 9.17) is 0 Å². The second kappa shape index (κ2) is 11.1. The van der Waals surface area contributed by atoms with Crippen LogP contribution in [0, 0.1) is 0 Å². The molecule has 0 radical (unpaired) electrons. The van der Waals surface area contributed by atoms with E-state index in [2.05, 4.69) is 74.6 Å². The van der Waals surface area contributed by atoms with Crippen LogP contribution in [-0.2, 0) is 0 Å². The molecule has 7 heteroatoms. The summed E-state index contributed by atoms with van der Waals surface area (Å²) in [6, 6.07) is 10.2.